The van der Waals surface area contributed by atoms with Crippen LogP contribution in [0.1, 0.15) is 41.9 Å². The molecule has 7 heteroatoms. The highest BCUT2D eigenvalue weighted by Gasteiger charge is 2.20. The van der Waals surface area contributed by atoms with Gasteiger partial charge in [0.25, 0.3) is 0 Å². The van der Waals surface area contributed by atoms with E-state index in [1.165, 1.54) is 11.3 Å². The third kappa shape index (κ3) is 3.44. The number of aryl methyl sites for hydroxylation is 1. The van der Waals surface area contributed by atoms with Crippen LogP contribution >= 0.6 is 22.9 Å². The number of hydrogen-bond donors (Lipinski definition) is 1. The predicted molar refractivity (Wildman–Crippen MR) is 86.5 cm³/mol. The molecule has 0 bridgehead atoms. The van der Waals surface area contributed by atoms with Gasteiger partial charge in [-0.3, -0.25) is 0 Å². The van der Waals surface area contributed by atoms with Crippen molar-refractivity contribution in [2.24, 2.45) is 0 Å². The topological polar surface area (TPSA) is 64.1 Å². The Balaban J connectivity index is 2.38. The van der Waals surface area contributed by atoms with Crippen LogP contribution in [-0.4, -0.2) is 29.1 Å². The molecule has 0 amide bonds. The molecule has 5 nitrogen and oxygen atoms in total. The van der Waals surface area contributed by atoms with Crippen molar-refractivity contribution < 1.29 is 9.53 Å². The zero-order valence-electron chi connectivity index (χ0n) is 12.3. The van der Waals surface area contributed by atoms with Gasteiger partial charge in [-0.1, -0.05) is 24.9 Å². The van der Waals surface area contributed by atoms with Crippen molar-refractivity contribution in [1.82, 2.24) is 9.97 Å². The van der Waals surface area contributed by atoms with E-state index in [4.69, 9.17) is 16.3 Å². The minimum absolute atomic E-state index is 0.338. The minimum atomic E-state index is -0.338. The van der Waals surface area contributed by atoms with Gasteiger partial charge in [-0.05, 0) is 25.8 Å². The summed E-state index contributed by atoms with van der Waals surface area (Å²) in [4.78, 5) is 21.8. The van der Waals surface area contributed by atoms with Gasteiger partial charge in [0, 0.05) is 6.54 Å². The monoisotopic (exact) mass is 327 g/mol. The van der Waals surface area contributed by atoms with E-state index in [2.05, 4.69) is 22.2 Å². The van der Waals surface area contributed by atoms with Gasteiger partial charge < -0.3 is 10.1 Å². The van der Waals surface area contributed by atoms with Gasteiger partial charge in [-0.15, -0.1) is 11.3 Å². The van der Waals surface area contributed by atoms with Crippen molar-refractivity contribution in [3.63, 3.8) is 0 Å². The lowest BCUT2D eigenvalue weighted by Gasteiger charge is -2.04. The molecule has 0 aromatic carbocycles. The fourth-order valence-corrected chi connectivity index (χ4v) is 3.38. The Kier molecular flexibility index (Phi) is 5.36. The van der Waals surface area contributed by atoms with Crippen LogP contribution in [0, 0.1) is 6.92 Å². The molecule has 0 aliphatic carbocycles. The third-order valence-corrected chi connectivity index (χ3v) is 4.46. The van der Waals surface area contributed by atoms with Crippen molar-refractivity contribution in [3.8, 4) is 0 Å². The number of ether oxygens (including phenoxy) is 1. The Morgan fingerprint density at radius 1 is 1.38 bits per heavy atom. The number of hydrogen-bond acceptors (Lipinski definition) is 6. The highest BCUT2D eigenvalue weighted by Crippen LogP contribution is 2.34. The number of unbranched alkanes of at least 4 members (excludes halogenated alkanes) is 1. The van der Waals surface area contributed by atoms with Gasteiger partial charge >= 0.3 is 5.97 Å². The van der Waals surface area contributed by atoms with E-state index in [0.29, 0.717) is 27.4 Å². The van der Waals surface area contributed by atoms with Crippen LogP contribution < -0.4 is 5.32 Å². The minimum Gasteiger partial charge on any atom is -0.462 e. The lowest BCUT2D eigenvalue weighted by atomic mass is 10.2. The summed E-state index contributed by atoms with van der Waals surface area (Å²) in [5.41, 5.74) is 0.776. The summed E-state index contributed by atoms with van der Waals surface area (Å²) in [6.07, 6.45) is 2.13. The van der Waals surface area contributed by atoms with E-state index < -0.39 is 0 Å². The molecule has 114 valence electrons. The van der Waals surface area contributed by atoms with E-state index >= 15 is 0 Å². The molecule has 0 radical (unpaired) electrons. The molecule has 0 unspecified atom stereocenters. The molecule has 2 aromatic rings. The number of halogens is 1. The molecule has 0 saturated carbocycles. The van der Waals surface area contributed by atoms with E-state index in [-0.39, 0.29) is 5.97 Å². The van der Waals surface area contributed by atoms with Crippen LogP contribution in [0.5, 0.6) is 0 Å². The molecule has 0 aliphatic heterocycles. The maximum atomic E-state index is 11.9. The van der Waals surface area contributed by atoms with Gasteiger partial charge in [0.2, 0.25) is 5.95 Å². The van der Waals surface area contributed by atoms with Gasteiger partial charge in [-0.2, -0.15) is 0 Å². The molecule has 1 N–H and O–H groups in total. The summed E-state index contributed by atoms with van der Waals surface area (Å²) in [6.45, 7) is 6.88. The molecule has 0 spiro atoms. The van der Waals surface area contributed by atoms with Gasteiger partial charge in [0.15, 0.2) is 0 Å². The number of nitrogens with one attached hydrogen (secondary N) is 1. The van der Waals surface area contributed by atoms with E-state index in [0.717, 1.165) is 30.3 Å². The smallest absolute Gasteiger partial charge is 0.348 e. The fraction of sp³-hybridized carbons (Fsp3) is 0.500. The number of esters is 1. The first kappa shape index (κ1) is 16.0. The SMILES string of the molecule is CCCCNc1nc(Cl)c2c(C)c(C(=O)OCC)sc2n1. The maximum absolute atomic E-state index is 11.9. The number of thiophene rings is 1. The first-order chi connectivity index (χ1) is 10.1. The number of nitrogens with zero attached hydrogens (tertiary/aromatic N) is 2. The quantitative estimate of drug-likeness (QED) is 0.493. The largest absolute Gasteiger partial charge is 0.462 e. The summed E-state index contributed by atoms with van der Waals surface area (Å²) in [6, 6.07) is 0. The first-order valence-corrected chi connectivity index (χ1v) is 8.15. The molecule has 0 aliphatic rings. The number of aromatic nitrogens is 2. The lowest BCUT2D eigenvalue weighted by molar-refractivity contribution is 0.0531. The highest BCUT2D eigenvalue weighted by molar-refractivity contribution is 7.20. The van der Waals surface area contributed by atoms with Crippen LogP contribution in [0.4, 0.5) is 5.95 Å². The second kappa shape index (κ2) is 7.04. The lowest BCUT2D eigenvalue weighted by Crippen LogP contribution is -2.05. The summed E-state index contributed by atoms with van der Waals surface area (Å²) in [5, 5.41) is 4.24. The number of fused-ring (bicyclic) bond motifs is 1. The van der Waals surface area contributed by atoms with Crippen molar-refractivity contribution >= 4 is 45.1 Å². The van der Waals surface area contributed by atoms with Gasteiger partial charge in [0.05, 0.1) is 12.0 Å². The maximum Gasteiger partial charge on any atom is 0.348 e. The van der Waals surface area contributed by atoms with E-state index in [9.17, 15) is 4.79 Å². The van der Waals surface area contributed by atoms with Crippen LogP contribution in [0.25, 0.3) is 10.2 Å². The molecule has 0 atom stereocenters. The Bertz CT molecular complexity index is 657. The summed E-state index contributed by atoms with van der Waals surface area (Å²) in [7, 11) is 0. The van der Waals surface area contributed by atoms with Gasteiger partial charge in [0.1, 0.15) is 14.9 Å². The normalized spacial score (nSPS) is 10.9. The average molecular weight is 328 g/mol. The van der Waals surface area contributed by atoms with Crippen LogP contribution in [0.2, 0.25) is 5.15 Å². The molecular weight excluding hydrogens is 310 g/mol. The average Bonchev–Trinajstić information content (AvgIpc) is 2.77. The van der Waals surface area contributed by atoms with E-state index in [1.807, 2.05) is 6.92 Å². The number of anilines is 1. The summed E-state index contributed by atoms with van der Waals surface area (Å²) < 4.78 is 5.05. The molecule has 0 saturated heterocycles. The Morgan fingerprint density at radius 3 is 2.81 bits per heavy atom. The molecule has 21 heavy (non-hydrogen) atoms. The zero-order chi connectivity index (χ0) is 15.4. The first-order valence-electron chi connectivity index (χ1n) is 6.96. The van der Waals surface area contributed by atoms with Crippen molar-refractivity contribution in [2.75, 3.05) is 18.5 Å². The van der Waals surface area contributed by atoms with E-state index in [1.54, 1.807) is 6.92 Å². The van der Waals surface area contributed by atoms with Crippen LogP contribution in [0.15, 0.2) is 0 Å². The Morgan fingerprint density at radius 2 is 2.14 bits per heavy atom. The van der Waals surface area contributed by atoms with Crippen LogP contribution in [-0.2, 0) is 4.74 Å². The summed E-state index contributed by atoms with van der Waals surface area (Å²) >= 11 is 7.53. The predicted octanol–water partition coefficient (Wildman–Crippen LogP) is 4.04. The van der Waals surface area contributed by atoms with Crippen molar-refractivity contribution in [1.29, 1.82) is 0 Å². The zero-order valence-corrected chi connectivity index (χ0v) is 13.9. The standard InChI is InChI=1S/C14H18ClN3O2S/c1-4-6-7-16-14-17-11(15)9-8(3)10(13(19)20-5-2)21-12(9)18-14/h4-7H2,1-3H3,(H,16,17,18). The summed E-state index contributed by atoms with van der Waals surface area (Å²) in [5.74, 6) is 0.159. The number of rotatable bonds is 6. The van der Waals surface area contributed by atoms with Crippen LogP contribution in [0.3, 0.4) is 0 Å². The molecular formula is C14H18ClN3O2S. The second-order valence-corrected chi connectivity index (χ2v) is 5.93. The molecule has 2 heterocycles. The Labute approximate surface area is 132 Å². The molecule has 0 fully saturated rings. The number of carbonyl (C=O) groups is 1. The number of carbonyl (C=O) groups excluding carboxylic acids is 1. The van der Waals surface area contributed by atoms with Crippen molar-refractivity contribution in [2.45, 2.75) is 33.6 Å². The van der Waals surface area contributed by atoms with Gasteiger partial charge in [-0.25, -0.2) is 14.8 Å². The molecule has 2 rings (SSSR count). The fourth-order valence-electron chi connectivity index (χ4n) is 1.94. The second-order valence-electron chi connectivity index (χ2n) is 4.58. The highest BCUT2D eigenvalue weighted by atomic mass is 35.5. The Hall–Kier alpha value is -1.40. The van der Waals surface area contributed by atoms with Crippen molar-refractivity contribution in [3.05, 3.63) is 15.6 Å². The third-order valence-electron chi connectivity index (χ3n) is 3.02. The molecule has 2 aromatic heterocycles.